The topological polar surface area (TPSA) is 46.5 Å². The first kappa shape index (κ1) is 17.1. The molecule has 0 aromatic carbocycles. The van der Waals surface area contributed by atoms with Crippen molar-refractivity contribution in [3.8, 4) is 0 Å². The number of carbonyl (C=O) groups excluding carboxylic acids is 1. The van der Waals surface area contributed by atoms with Crippen molar-refractivity contribution >= 4 is 5.97 Å². The second kappa shape index (κ2) is 11.2. The Labute approximate surface area is 115 Å². The Morgan fingerprint density at radius 2 is 1.42 bits per heavy atom. The van der Waals surface area contributed by atoms with Gasteiger partial charge in [-0.1, -0.05) is 61.6 Å². The van der Waals surface area contributed by atoms with Gasteiger partial charge in [0.25, 0.3) is 0 Å². The number of ether oxygens (including phenoxy) is 1. The molecule has 3 heteroatoms. The van der Waals surface area contributed by atoms with Crippen molar-refractivity contribution in [1.29, 1.82) is 0 Å². The Morgan fingerprint density at radius 1 is 0.947 bits per heavy atom. The van der Waals surface area contributed by atoms with Crippen LogP contribution >= 0.6 is 0 Å². The number of rotatable bonds is 7. The maximum Gasteiger partial charge on any atom is 0.330 e. The van der Waals surface area contributed by atoms with E-state index >= 15 is 0 Å². The molecule has 3 nitrogen and oxygen atoms in total. The van der Waals surface area contributed by atoms with Crippen LogP contribution in [0.25, 0.3) is 0 Å². The average Bonchev–Trinajstić information content (AvgIpc) is 2.39. The SMILES string of the molecule is COC(=O)C=CC=CC=CC=CC=CC(C)C(C)O. The van der Waals surface area contributed by atoms with Crippen LogP contribution in [0.3, 0.4) is 0 Å². The smallest absolute Gasteiger partial charge is 0.330 e. The second-order valence-corrected chi connectivity index (χ2v) is 4.02. The summed E-state index contributed by atoms with van der Waals surface area (Å²) < 4.78 is 4.44. The first-order valence-corrected chi connectivity index (χ1v) is 6.18. The quantitative estimate of drug-likeness (QED) is 0.436. The zero-order valence-corrected chi connectivity index (χ0v) is 11.7. The molecule has 0 radical (unpaired) electrons. The van der Waals surface area contributed by atoms with Crippen LogP contribution in [-0.2, 0) is 9.53 Å². The lowest BCUT2D eigenvalue weighted by atomic mass is 10.1. The minimum atomic E-state index is -0.370. The summed E-state index contributed by atoms with van der Waals surface area (Å²) in [7, 11) is 1.34. The number of aliphatic hydroxyl groups excluding tert-OH is 1. The molecule has 2 atom stereocenters. The van der Waals surface area contributed by atoms with Crippen LogP contribution in [-0.4, -0.2) is 24.3 Å². The zero-order chi connectivity index (χ0) is 14.5. The molecule has 0 fully saturated rings. The summed E-state index contributed by atoms with van der Waals surface area (Å²) in [5, 5.41) is 9.26. The van der Waals surface area contributed by atoms with Crippen LogP contribution in [0.4, 0.5) is 0 Å². The van der Waals surface area contributed by atoms with Gasteiger partial charge in [0.15, 0.2) is 0 Å². The van der Waals surface area contributed by atoms with Gasteiger partial charge in [-0.3, -0.25) is 0 Å². The maximum atomic E-state index is 10.7. The molecule has 0 aliphatic rings. The lowest BCUT2D eigenvalue weighted by molar-refractivity contribution is -0.134. The van der Waals surface area contributed by atoms with Crippen molar-refractivity contribution in [1.82, 2.24) is 0 Å². The molecule has 0 saturated carbocycles. The zero-order valence-electron chi connectivity index (χ0n) is 11.7. The molecule has 0 aromatic rings. The van der Waals surface area contributed by atoms with Crippen LogP contribution in [0.5, 0.6) is 0 Å². The van der Waals surface area contributed by atoms with Crippen molar-refractivity contribution in [2.24, 2.45) is 5.92 Å². The van der Waals surface area contributed by atoms with E-state index in [9.17, 15) is 9.90 Å². The van der Waals surface area contributed by atoms with Crippen LogP contribution < -0.4 is 0 Å². The molecule has 0 saturated heterocycles. The highest BCUT2D eigenvalue weighted by Gasteiger charge is 2.01. The Morgan fingerprint density at radius 3 is 1.89 bits per heavy atom. The molecule has 0 aliphatic carbocycles. The molecule has 0 rings (SSSR count). The van der Waals surface area contributed by atoms with E-state index in [1.165, 1.54) is 13.2 Å². The van der Waals surface area contributed by atoms with Crippen molar-refractivity contribution < 1.29 is 14.6 Å². The first-order chi connectivity index (χ1) is 9.07. The lowest BCUT2D eigenvalue weighted by Crippen LogP contribution is -2.09. The molecule has 0 aliphatic heterocycles. The second-order valence-electron chi connectivity index (χ2n) is 4.02. The molecule has 104 valence electrons. The number of carbonyl (C=O) groups is 1. The minimum Gasteiger partial charge on any atom is -0.466 e. The summed E-state index contributed by atoms with van der Waals surface area (Å²) in [5.74, 6) is -0.220. The fourth-order valence-corrected chi connectivity index (χ4v) is 0.987. The van der Waals surface area contributed by atoms with Gasteiger partial charge in [0.05, 0.1) is 13.2 Å². The van der Waals surface area contributed by atoms with Gasteiger partial charge in [0.2, 0.25) is 0 Å². The fraction of sp³-hybridized carbons (Fsp3) is 0.312. The number of aliphatic hydroxyl groups is 1. The van der Waals surface area contributed by atoms with Gasteiger partial charge in [-0.25, -0.2) is 4.79 Å². The van der Waals surface area contributed by atoms with Crippen LogP contribution in [0, 0.1) is 5.92 Å². The third-order valence-corrected chi connectivity index (χ3v) is 2.39. The highest BCUT2D eigenvalue weighted by molar-refractivity contribution is 5.82. The molecule has 0 aromatic heterocycles. The molecule has 0 spiro atoms. The van der Waals surface area contributed by atoms with Crippen molar-refractivity contribution in [3.63, 3.8) is 0 Å². The Balaban J connectivity index is 3.94. The Bertz CT molecular complexity index is 385. The van der Waals surface area contributed by atoms with Crippen LogP contribution in [0.2, 0.25) is 0 Å². The normalized spacial score (nSPS) is 16.2. The molecule has 0 amide bonds. The Kier molecular flexibility index (Phi) is 10.1. The predicted octanol–water partition coefficient (Wildman–Crippen LogP) is 2.96. The largest absolute Gasteiger partial charge is 0.466 e. The summed E-state index contributed by atoms with van der Waals surface area (Å²) in [6.07, 6.45) is 17.6. The third kappa shape index (κ3) is 11.0. The minimum absolute atomic E-state index is 0.150. The highest BCUT2D eigenvalue weighted by Crippen LogP contribution is 2.03. The molecular formula is C16H22O3. The molecule has 2 unspecified atom stereocenters. The predicted molar refractivity (Wildman–Crippen MR) is 78.6 cm³/mol. The number of esters is 1. The molecule has 1 N–H and O–H groups in total. The molecular weight excluding hydrogens is 240 g/mol. The standard InChI is InChI=1S/C16H22O3/c1-14(15(2)17)12-10-8-6-4-5-7-9-11-13-16(18)19-3/h4-15,17H,1-3H3. The van der Waals surface area contributed by atoms with Gasteiger partial charge in [-0.15, -0.1) is 0 Å². The Hall–Kier alpha value is -1.87. The molecule has 0 bridgehead atoms. The van der Waals surface area contributed by atoms with E-state index in [0.717, 1.165) is 0 Å². The first-order valence-electron chi connectivity index (χ1n) is 6.18. The van der Waals surface area contributed by atoms with Crippen LogP contribution in [0.15, 0.2) is 60.8 Å². The van der Waals surface area contributed by atoms with Crippen molar-refractivity contribution in [2.75, 3.05) is 7.11 Å². The van der Waals surface area contributed by atoms with E-state index in [4.69, 9.17) is 0 Å². The van der Waals surface area contributed by atoms with Gasteiger partial charge in [-0.05, 0) is 12.8 Å². The van der Waals surface area contributed by atoms with E-state index in [0.29, 0.717) is 0 Å². The highest BCUT2D eigenvalue weighted by atomic mass is 16.5. The van der Waals surface area contributed by atoms with Crippen molar-refractivity contribution in [3.05, 3.63) is 60.8 Å². The average molecular weight is 262 g/mol. The number of hydrogen-bond donors (Lipinski definition) is 1. The lowest BCUT2D eigenvalue weighted by Gasteiger charge is -2.07. The van der Waals surface area contributed by atoms with E-state index < -0.39 is 0 Å². The third-order valence-electron chi connectivity index (χ3n) is 2.39. The summed E-state index contributed by atoms with van der Waals surface area (Å²) in [4.78, 5) is 10.7. The summed E-state index contributed by atoms with van der Waals surface area (Å²) >= 11 is 0. The van der Waals surface area contributed by atoms with E-state index in [2.05, 4.69) is 4.74 Å². The van der Waals surface area contributed by atoms with E-state index in [-0.39, 0.29) is 18.0 Å². The van der Waals surface area contributed by atoms with Crippen LogP contribution in [0.1, 0.15) is 13.8 Å². The van der Waals surface area contributed by atoms with Gasteiger partial charge in [0.1, 0.15) is 0 Å². The van der Waals surface area contributed by atoms with Gasteiger partial charge < -0.3 is 9.84 Å². The fourth-order valence-electron chi connectivity index (χ4n) is 0.987. The molecule has 0 heterocycles. The van der Waals surface area contributed by atoms with Gasteiger partial charge >= 0.3 is 5.97 Å². The molecule has 19 heavy (non-hydrogen) atoms. The maximum absolute atomic E-state index is 10.7. The number of methoxy groups -OCH3 is 1. The summed E-state index contributed by atoms with van der Waals surface area (Å²) in [5.41, 5.74) is 0. The van der Waals surface area contributed by atoms with E-state index in [1.807, 2.05) is 49.5 Å². The number of hydrogen-bond acceptors (Lipinski definition) is 3. The van der Waals surface area contributed by atoms with Gasteiger partial charge in [0, 0.05) is 6.08 Å². The number of allylic oxidation sites excluding steroid dienone is 8. The summed E-state index contributed by atoms with van der Waals surface area (Å²) in [6, 6.07) is 0. The van der Waals surface area contributed by atoms with E-state index in [1.54, 1.807) is 19.1 Å². The summed E-state index contributed by atoms with van der Waals surface area (Å²) in [6.45, 7) is 3.73. The van der Waals surface area contributed by atoms with Gasteiger partial charge in [-0.2, -0.15) is 0 Å². The monoisotopic (exact) mass is 262 g/mol. The van der Waals surface area contributed by atoms with Crippen molar-refractivity contribution in [2.45, 2.75) is 20.0 Å².